The summed E-state index contributed by atoms with van der Waals surface area (Å²) < 4.78 is 12.2. The van der Waals surface area contributed by atoms with E-state index in [0.29, 0.717) is 40.5 Å². The number of amides is 2. The minimum Gasteiger partial charge on any atom is -0.493 e. The van der Waals surface area contributed by atoms with Crippen molar-refractivity contribution in [2.24, 2.45) is 5.92 Å². The van der Waals surface area contributed by atoms with Crippen molar-refractivity contribution in [2.75, 3.05) is 13.7 Å². The van der Waals surface area contributed by atoms with Crippen molar-refractivity contribution in [1.29, 1.82) is 0 Å². The number of hydrogen-bond acceptors (Lipinski definition) is 5. The van der Waals surface area contributed by atoms with E-state index in [1.165, 1.54) is 24.2 Å². The lowest BCUT2D eigenvalue weighted by molar-refractivity contribution is -0.123. The number of thioether (sulfide) groups is 1. The maximum Gasteiger partial charge on any atom is 0.293 e. The summed E-state index contributed by atoms with van der Waals surface area (Å²) in [6.45, 7) is 0.809. The molecule has 33 heavy (non-hydrogen) atoms. The fourth-order valence-electron chi connectivity index (χ4n) is 4.13. The molecule has 1 saturated heterocycles. The van der Waals surface area contributed by atoms with Crippen LogP contribution < -0.4 is 9.47 Å². The Morgan fingerprint density at radius 3 is 2.64 bits per heavy atom. The van der Waals surface area contributed by atoms with Gasteiger partial charge >= 0.3 is 0 Å². The number of carbonyl (C=O) groups excluding carboxylic acids is 2. The van der Waals surface area contributed by atoms with Crippen LogP contribution in [0.3, 0.4) is 0 Å². The molecule has 2 aromatic rings. The van der Waals surface area contributed by atoms with Gasteiger partial charge in [0.1, 0.15) is 6.61 Å². The molecule has 0 spiro atoms. The molecule has 0 radical (unpaired) electrons. The molecule has 1 aliphatic heterocycles. The summed E-state index contributed by atoms with van der Waals surface area (Å²) in [5.74, 6) is 1.26. The first kappa shape index (κ1) is 24.2. The summed E-state index contributed by atoms with van der Waals surface area (Å²) in [5.41, 5.74) is 1.60. The third-order valence-corrected chi connectivity index (χ3v) is 7.91. The number of rotatable bonds is 7. The first-order valence-corrected chi connectivity index (χ1v) is 12.9. The Labute approximate surface area is 211 Å². The van der Waals surface area contributed by atoms with Crippen molar-refractivity contribution in [1.82, 2.24) is 4.90 Å². The number of imide groups is 1. The zero-order valence-corrected chi connectivity index (χ0v) is 21.5. The average molecular weight is 551 g/mol. The topological polar surface area (TPSA) is 55.8 Å². The van der Waals surface area contributed by atoms with Crippen molar-refractivity contribution in [3.05, 3.63) is 61.9 Å². The van der Waals surface area contributed by atoms with Gasteiger partial charge < -0.3 is 9.47 Å². The summed E-state index contributed by atoms with van der Waals surface area (Å²) in [6, 6.07) is 11.1. The molecule has 174 valence electrons. The SMILES string of the molecule is COc1cc(/C=C2/SC(=O)N(CC3CCCCC3)C2=O)c(Br)cc1OCc1ccccc1Cl. The Hall–Kier alpha value is -1.96. The minimum atomic E-state index is -0.222. The Kier molecular flexibility index (Phi) is 8.04. The largest absolute Gasteiger partial charge is 0.493 e. The smallest absolute Gasteiger partial charge is 0.293 e. The minimum absolute atomic E-state index is 0.195. The highest BCUT2D eigenvalue weighted by Gasteiger charge is 2.36. The second-order valence-electron chi connectivity index (χ2n) is 8.20. The van der Waals surface area contributed by atoms with E-state index in [9.17, 15) is 9.59 Å². The van der Waals surface area contributed by atoms with Gasteiger partial charge in [-0.1, -0.05) is 65.0 Å². The zero-order valence-electron chi connectivity index (χ0n) is 18.3. The second-order valence-corrected chi connectivity index (χ2v) is 10.5. The van der Waals surface area contributed by atoms with Crippen LogP contribution in [-0.2, 0) is 11.4 Å². The van der Waals surface area contributed by atoms with Gasteiger partial charge in [0.25, 0.3) is 11.1 Å². The quantitative estimate of drug-likeness (QED) is 0.338. The van der Waals surface area contributed by atoms with Crippen molar-refractivity contribution in [3.63, 3.8) is 0 Å². The van der Waals surface area contributed by atoms with Crippen molar-refractivity contribution >= 4 is 56.5 Å². The first-order valence-electron chi connectivity index (χ1n) is 11.0. The van der Waals surface area contributed by atoms with Gasteiger partial charge in [0.2, 0.25) is 0 Å². The standard InChI is InChI=1S/C25H25BrClNO4S/c1-31-21-11-18(19(26)13-22(21)32-15-17-9-5-6-10-20(17)27)12-23-24(29)28(25(30)33-23)14-16-7-3-2-4-8-16/h5-6,9-13,16H,2-4,7-8,14-15H2,1H3/b23-12+. The summed E-state index contributed by atoms with van der Waals surface area (Å²) in [6.07, 6.45) is 7.49. The highest BCUT2D eigenvalue weighted by molar-refractivity contribution is 9.10. The molecule has 2 amide bonds. The monoisotopic (exact) mass is 549 g/mol. The van der Waals surface area contributed by atoms with E-state index in [1.54, 1.807) is 25.3 Å². The number of ether oxygens (including phenoxy) is 2. The van der Waals surface area contributed by atoms with Crippen LogP contribution in [-0.4, -0.2) is 29.7 Å². The molecule has 0 aromatic heterocycles. The van der Waals surface area contributed by atoms with Crippen LogP contribution in [0.15, 0.2) is 45.8 Å². The third-order valence-electron chi connectivity index (χ3n) is 5.95. The van der Waals surface area contributed by atoms with Crippen LogP contribution in [0, 0.1) is 5.92 Å². The predicted molar refractivity (Wildman–Crippen MR) is 136 cm³/mol. The summed E-state index contributed by atoms with van der Waals surface area (Å²) in [7, 11) is 1.56. The van der Waals surface area contributed by atoms with E-state index in [-0.39, 0.29) is 11.1 Å². The molecular weight excluding hydrogens is 526 g/mol. The molecule has 4 rings (SSSR count). The maximum atomic E-state index is 13.0. The molecule has 5 nitrogen and oxygen atoms in total. The Bertz CT molecular complexity index is 1080. The Morgan fingerprint density at radius 1 is 1.15 bits per heavy atom. The molecule has 0 bridgehead atoms. The molecule has 2 aromatic carbocycles. The van der Waals surface area contributed by atoms with Gasteiger partial charge in [0.15, 0.2) is 11.5 Å². The Balaban J connectivity index is 1.51. The van der Waals surface area contributed by atoms with Gasteiger partial charge in [-0.2, -0.15) is 0 Å². The molecule has 0 N–H and O–H groups in total. The molecule has 8 heteroatoms. The summed E-state index contributed by atoms with van der Waals surface area (Å²) >= 11 is 10.8. The fraction of sp³-hybridized carbons (Fsp3) is 0.360. The molecule has 0 unspecified atom stereocenters. The third kappa shape index (κ3) is 5.76. The Morgan fingerprint density at radius 2 is 1.91 bits per heavy atom. The second kappa shape index (κ2) is 11.0. The van der Waals surface area contributed by atoms with E-state index in [0.717, 1.165) is 40.2 Å². The van der Waals surface area contributed by atoms with Crippen LogP contribution in [0.5, 0.6) is 11.5 Å². The van der Waals surface area contributed by atoms with Crippen molar-refractivity contribution in [3.8, 4) is 11.5 Å². The van der Waals surface area contributed by atoms with E-state index in [2.05, 4.69) is 15.9 Å². The summed E-state index contributed by atoms with van der Waals surface area (Å²) in [4.78, 5) is 27.3. The van der Waals surface area contributed by atoms with Gasteiger partial charge in [0.05, 0.1) is 12.0 Å². The van der Waals surface area contributed by atoms with Crippen LogP contribution in [0.1, 0.15) is 43.2 Å². The predicted octanol–water partition coefficient (Wildman–Crippen LogP) is 7.31. The zero-order chi connectivity index (χ0) is 23.4. The van der Waals surface area contributed by atoms with Crippen molar-refractivity contribution < 1.29 is 19.1 Å². The maximum absolute atomic E-state index is 13.0. The average Bonchev–Trinajstić information content (AvgIpc) is 3.08. The number of carbonyl (C=O) groups is 2. The van der Waals surface area contributed by atoms with E-state index >= 15 is 0 Å². The fourth-order valence-corrected chi connectivity index (χ4v) is 5.60. The molecule has 1 aliphatic carbocycles. The molecule has 0 atom stereocenters. The van der Waals surface area contributed by atoms with Gasteiger partial charge in [-0.3, -0.25) is 14.5 Å². The number of hydrogen-bond donors (Lipinski definition) is 0. The summed E-state index contributed by atoms with van der Waals surface area (Å²) in [5, 5.41) is 0.440. The van der Waals surface area contributed by atoms with Crippen LogP contribution in [0.2, 0.25) is 5.02 Å². The van der Waals surface area contributed by atoms with Gasteiger partial charge in [0, 0.05) is 21.6 Å². The normalized spacial score (nSPS) is 18.3. The van der Waals surface area contributed by atoms with E-state index in [4.69, 9.17) is 21.1 Å². The van der Waals surface area contributed by atoms with Gasteiger partial charge in [-0.05, 0) is 60.4 Å². The van der Waals surface area contributed by atoms with Gasteiger partial charge in [-0.25, -0.2) is 0 Å². The number of halogens is 2. The van der Waals surface area contributed by atoms with E-state index < -0.39 is 0 Å². The number of methoxy groups -OCH3 is 1. The molecule has 2 aliphatic rings. The van der Waals surface area contributed by atoms with Crippen molar-refractivity contribution in [2.45, 2.75) is 38.7 Å². The molecule has 1 heterocycles. The highest BCUT2D eigenvalue weighted by Crippen LogP contribution is 2.39. The first-order chi connectivity index (χ1) is 16.0. The molecular formula is C25H25BrClNO4S. The van der Waals surface area contributed by atoms with Crippen LogP contribution >= 0.6 is 39.3 Å². The lowest BCUT2D eigenvalue weighted by atomic mass is 9.89. The molecule has 1 saturated carbocycles. The van der Waals surface area contributed by atoms with Gasteiger partial charge in [-0.15, -0.1) is 0 Å². The van der Waals surface area contributed by atoms with Crippen LogP contribution in [0.4, 0.5) is 4.79 Å². The lowest BCUT2D eigenvalue weighted by Crippen LogP contribution is -2.34. The lowest BCUT2D eigenvalue weighted by Gasteiger charge is -2.25. The van der Waals surface area contributed by atoms with E-state index in [1.807, 2.05) is 24.3 Å². The number of benzene rings is 2. The number of nitrogens with zero attached hydrogens (tertiary/aromatic N) is 1. The highest BCUT2D eigenvalue weighted by atomic mass is 79.9. The van der Waals surface area contributed by atoms with Crippen LogP contribution in [0.25, 0.3) is 6.08 Å². The molecule has 2 fully saturated rings.